The summed E-state index contributed by atoms with van der Waals surface area (Å²) in [5, 5.41) is 17.4. The minimum atomic E-state index is -4.09. The van der Waals surface area contributed by atoms with Gasteiger partial charge >= 0.3 is 0 Å². The number of benzene rings is 2. The molecule has 2 aromatic carbocycles. The highest BCUT2D eigenvalue weighted by molar-refractivity contribution is 7.92. The maximum absolute atomic E-state index is 13.7. The van der Waals surface area contributed by atoms with E-state index in [4.69, 9.17) is 11.6 Å². The van der Waals surface area contributed by atoms with E-state index >= 15 is 0 Å². The lowest BCUT2D eigenvalue weighted by atomic mass is 9.72. The monoisotopic (exact) mass is 613 g/mol. The third-order valence-electron chi connectivity index (χ3n) is 7.68. The zero-order chi connectivity index (χ0) is 28.8. The molecule has 3 N–H and O–H groups in total. The number of fused-ring (bicyclic) bond motifs is 2. The van der Waals surface area contributed by atoms with E-state index in [1.807, 2.05) is 0 Å². The third-order valence-corrected chi connectivity index (χ3v) is 11.0. The molecule has 0 aliphatic heterocycles. The maximum Gasteiger partial charge on any atom is 0.255 e. The number of halogens is 4. The largest absolute Gasteiger partial charge is 0.389 e. The highest BCUT2D eigenvalue weighted by atomic mass is 35.5. The average molecular weight is 614 g/mol. The first-order chi connectivity index (χ1) is 18.9. The normalized spacial score (nSPS) is 24.1. The predicted octanol–water partition coefficient (Wildman–Crippen LogP) is 5.19. The molecule has 1 aromatic heterocycles. The molecule has 0 spiro atoms. The summed E-state index contributed by atoms with van der Waals surface area (Å²) in [6.45, 7) is 0. The van der Waals surface area contributed by atoms with Gasteiger partial charge in [0.2, 0.25) is 5.91 Å². The molecule has 14 heteroatoms. The van der Waals surface area contributed by atoms with Crippen molar-refractivity contribution in [3.63, 3.8) is 0 Å². The molecule has 8 nitrogen and oxygen atoms in total. The molecule has 3 aromatic rings. The molecule has 2 saturated carbocycles. The van der Waals surface area contributed by atoms with Crippen molar-refractivity contribution in [2.24, 2.45) is 11.8 Å². The Labute approximate surface area is 236 Å². The molecule has 2 unspecified atom stereocenters. The van der Waals surface area contributed by atoms with Crippen LogP contribution < -0.4 is 10.6 Å². The van der Waals surface area contributed by atoms with Gasteiger partial charge in [-0.05, 0) is 55.7 Å². The number of hydrogen-bond acceptors (Lipinski definition) is 7. The Morgan fingerprint density at radius 3 is 2.33 bits per heavy atom. The van der Waals surface area contributed by atoms with Crippen molar-refractivity contribution < 1.29 is 36.3 Å². The fourth-order valence-corrected chi connectivity index (χ4v) is 8.68. The van der Waals surface area contributed by atoms with Gasteiger partial charge in [0.25, 0.3) is 5.91 Å². The predicted molar refractivity (Wildman–Crippen MR) is 142 cm³/mol. The molecule has 1 heterocycles. The Hall–Kier alpha value is -3.00. The van der Waals surface area contributed by atoms with E-state index in [0.29, 0.717) is 30.1 Å². The fourth-order valence-electron chi connectivity index (χ4n) is 5.73. The van der Waals surface area contributed by atoms with Crippen molar-refractivity contribution in [1.29, 1.82) is 0 Å². The Morgan fingerprint density at radius 2 is 1.73 bits per heavy atom. The van der Waals surface area contributed by atoms with Crippen molar-refractivity contribution in [3.8, 4) is 0 Å². The van der Waals surface area contributed by atoms with Crippen LogP contribution in [0.15, 0.2) is 46.8 Å². The Kier molecular flexibility index (Phi) is 7.68. The van der Waals surface area contributed by atoms with Crippen molar-refractivity contribution >= 4 is 55.4 Å². The van der Waals surface area contributed by atoms with E-state index in [9.17, 15) is 36.3 Å². The second-order valence-electron chi connectivity index (χ2n) is 10.0. The van der Waals surface area contributed by atoms with E-state index in [2.05, 4.69) is 15.6 Å². The van der Waals surface area contributed by atoms with Crippen LogP contribution in [0.1, 0.15) is 42.5 Å². The summed E-state index contributed by atoms with van der Waals surface area (Å²) in [6.07, 6.45) is 2.66. The smallest absolute Gasteiger partial charge is 0.255 e. The van der Waals surface area contributed by atoms with Crippen LogP contribution in [0.2, 0.25) is 5.02 Å². The number of hydrogen-bond donors (Lipinski definition) is 3. The number of carbonyl (C=O) groups excluding carboxylic acids is 2. The van der Waals surface area contributed by atoms with Crippen LogP contribution in [0.5, 0.6) is 0 Å². The molecule has 2 fully saturated rings. The van der Waals surface area contributed by atoms with Crippen molar-refractivity contribution in [2.45, 2.75) is 47.9 Å². The number of amides is 2. The molecular formula is C26H23ClF3N3O5S2. The molecule has 2 amide bonds. The van der Waals surface area contributed by atoms with Gasteiger partial charge in [0.05, 0.1) is 27.2 Å². The van der Waals surface area contributed by atoms with E-state index in [1.54, 1.807) is 11.6 Å². The molecule has 40 heavy (non-hydrogen) atoms. The van der Waals surface area contributed by atoms with Crippen LogP contribution in [0.3, 0.4) is 0 Å². The van der Waals surface area contributed by atoms with Gasteiger partial charge in [-0.3, -0.25) is 9.59 Å². The molecule has 5 rings (SSSR count). The summed E-state index contributed by atoms with van der Waals surface area (Å²) >= 11 is 7.49. The first kappa shape index (κ1) is 28.5. The molecule has 2 aliphatic rings. The fraction of sp³-hybridized carbons (Fsp3) is 0.346. The first-order valence-corrected chi connectivity index (χ1v) is 15.1. The van der Waals surface area contributed by atoms with E-state index in [1.165, 1.54) is 23.5 Å². The van der Waals surface area contributed by atoms with Gasteiger partial charge in [0.1, 0.15) is 0 Å². The van der Waals surface area contributed by atoms with Crippen LogP contribution in [-0.2, 0) is 14.6 Å². The number of thiazole rings is 1. The van der Waals surface area contributed by atoms with Crippen LogP contribution in [0, 0.1) is 29.3 Å². The number of aliphatic hydroxyl groups is 1. The number of anilines is 2. The van der Waals surface area contributed by atoms with Crippen LogP contribution >= 0.6 is 22.9 Å². The zero-order valence-corrected chi connectivity index (χ0v) is 23.1. The number of aromatic nitrogens is 1. The zero-order valence-electron chi connectivity index (χ0n) is 20.7. The summed E-state index contributed by atoms with van der Waals surface area (Å²) < 4.78 is 67.7. The van der Waals surface area contributed by atoms with Crippen LogP contribution in [0.25, 0.3) is 0 Å². The number of sulfone groups is 1. The van der Waals surface area contributed by atoms with Crippen LogP contribution in [-0.4, -0.2) is 41.2 Å². The van der Waals surface area contributed by atoms with E-state index < -0.39 is 61.8 Å². The van der Waals surface area contributed by atoms with E-state index in [-0.39, 0.29) is 40.4 Å². The second kappa shape index (κ2) is 10.8. The minimum Gasteiger partial charge on any atom is -0.389 e. The highest BCUT2D eigenvalue weighted by Crippen LogP contribution is 2.53. The Balaban J connectivity index is 1.33. The van der Waals surface area contributed by atoms with Crippen molar-refractivity contribution in [2.75, 3.05) is 10.6 Å². The maximum atomic E-state index is 13.7. The molecule has 212 valence electrons. The van der Waals surface area contributed by atoms with E-state index in [0.717, 1.165) is 6.07 Å². The molecular weight excluding hydrogens is 591 g/mol. The standard InChI is InChI=1S/C26H23ClF3N3O5S2/c27-18-4-1-13(24(35)32-16-10-19(28)23(30)20(29)11-16)7-21(18)40(37,38)17-8-14-2-3-15(9-17)26(14,36)12-22(34)33-25-31-5-6-39-25/h1,4-7,10-11,14-15,17,36H,2-3,8-9,12H2,(H,32,35)(H,31,33,34). The highest BCUT2D eigenvalue weighted by Gasteiger charge is 2.56. The Bertz CT molecular complexity index is 1550. The first-order valence-electron chi connectivity index (χ1n) is 12.3. The average Bonchev–Trinajstić information content (AvgIpc) is 3.41. The molecule has 2 aliphatic carbocycles. The quantitative estimate of drug-likeness (QED) is 0.315. The summed E-state index contributed by atoms with van der Waals surface area (Å²) in [5.74, 6) is -6.86. The van der Waals surface area contributed by atoms with Gasteiger partial charge in [-0.25, -0.2) is 26.6 Å². The summed E-state index contributed by atoms with van der Waals surface area (Å²) in [6, 6.07) is 4.75. The summed E-state index contributed by atoms with van der Waals surface area (Å²) in [7, 11) is -4.09. The lowest BCUT2D eigenvalue weighted by molar-refractivity contribution is -0.127. The second-order valence-corrected chi connectivity index (χ2v) is 13.5. The molecule has 0 radical (unpaired) electrons. The number of nitrogens with zero attached hydrogens (tertiary/aromatic N) is 1. The lowest BCUT2D eigenvalue weighted by Crippen LogP contribution is -2.50. The van der Waals surface area contributed by atoms with Crippen molar-refractivity contribution in [3.05, 3.63) is 69.9 Å². The number of carbonyl (C=O) groups is 2. The van der Waals surface area contributed by atoms with Gasteiger partial charge in [-0.1, -0.05) is 11.6 Å². The van der Waals surface area contributed by atoms with Gasteiger partial charge < -0.3 is 15.7 Å². The van der Waals surface area contributed by atoms with Gasteiger partial charge in [0.15, 0.2) is 32.4 Å². The molecule has 2 atom stereocenters. The number of nitrogens with one attached hydrogen (secondary N) is 2. The Morgan fingerprint density at radius 1 is 1.07 bits per heavy atom. The van der Waals surface area contributed by atoms with Crippen molar-refractivity contribution in [1.82, 2.24) is 4.98 Å². The summed E-state index contributed by atoms with van der Waals surface area (Å²) in [4.78, 5) is 29.0. The number of rotatable bonds is 7. The molecule has 0 saturated heterocycles. The third kappa shape index (κ3) is 5.35. The van der Waals surface area contributed by atoms with Gasteiger partial charge in [-0.15, -0.1) is 11.3 Å². The molecule has 2 bridgehead atoms. The van der Waals surface area contributed by atoms with Gasteiger partial charge in [0, 0.05) is 35.0 Å². The van der Waals surface area contributed by atoms with Crippen LogP contribution in [0.4, 0.5) is 24.0 Å². The van der Waals surface area contributed by atoms with Gasteiger partial charge in [-0.2, -0.15) is 0 Å². The SMILES string of the molecule is O=C(CC1(O)C2CCC1CC(S(=O)(=O)c1cc(C(=O)Nc3cc(F)c(F)c(F)c3)ccc1Cl)C2)Nc1nccs1. The minimum absolute atomic E-state index is 0.0980. The lowest BCUT2D eigenvalue weighted by Gasteiger charge is -2.42. The topological polar surface area (TPSA) is 125 Å². The summed E-state index contributed by atoms with van der Waals surface area (Å²) in [5.41, 5.74) is -1.87.